The molecule has 0 spiro atoms. The van der Waals surface area contributed by atoms with Gasteiger partial charge in [0.2, 0.25) is 0 Å². The van der Waals surface area contributed by atoms with Gasteiger partial charge < -0.3 is 0 Å². The SMILES string of the molecule is C.CC(C)C.CCC(C)C.CCCC(C)C.[2H]C(C)C([2H])([2H])C(C)C.[2H]C([2H])(C)C([2H])([2H])C(C)C.[2H]C([2H])(C)CC(C)C.[2H]C([2H])([2H])C(C)C. The maximum absolute atomic E-state index is 7.32. The van der Waals surface area contributed by atoms with Gasteiger partial charge in [0.05, 0.1) is 0 Å². The lowest BCUT2D eigenvalue weighted by Crippen LogP contribution is -1.81. The fourth-order valence-corrected chi connectivity index (χ4v) is 1.61. The summed E-state index contributed by atoms with van der Waals surface area (Å²) in [7, 11) is 0. The summed E-state index contributed by atoms with van der Waals surface area (Å²) in [5.74, 6) is 2.53. The molecule has 0 heteroatoms. The molecule has 0 rings (SSSR count). The van der Waals surface area contributed by atoms with Crippen LogP contribution in [0.15, 0.2) is 0 Å². The third kappa shape index (κ3) is 225. The average molecular weight is 561 g/mol. The zero-order valence-electron chi connectivity index (χ0n) is 41.9. The van der Waals surface area contributed by atoms with Crippen molar-refractivity contribution in [2.75, 3.05) is 0 Å². The molecule has 0 aromatic carbocycles. The van der Waals surface area contributed by atoms with E-state index in [1.165, 1.54) is 26.2 Å². The molecule has 0 radical (unpaired) electrons. The first-order valence-corrected chi connectivity index (χ1v) is 15.1. The molecule has 0 aliphatic heterocycles. The molecular formula is C38H92. The molecule has 1 unspecified atom stereocenters. The largest absolute Gasteiger partial charge is 0.0776 e. The van der Waals surface area contributed by atoms with Crippen molar-refractivity contribution in [3.63, 3.8) is 0 Å². The molecule has 0 aromatic heterocycles. The molecule has 0 N–H and O–H groups in total. The van der Waals surface area contributed by atoms with Gasteiger partial charge in [-0.15, -0.1) is 0 Å². The first-order chi connectivity index (χ1) is 21.2. The van der Waals surface area contributed by atoms with Crippen LogP contribution in [0.2, 0.25) is 0 Å². The summed E-state index contributed by atoms with van der Waals surface area (Å²) in [6.07, 6.45) is -1.75. The maximum Gasteiger partial charge on any atom is 0.0269 e. The van der Waals surface area contributed by atoms with E-state index in [9.17, 15) is 0 Å². The van der Waals surface area contributed by atoms with Gasteiger partial charge in [0.1, 0.15) is 0 Å². The van der Waals surface area contributed by atoms with Gasteiger partial charge in [0.25, 0.3) is 0 Å². The van der Waals surface area contributed by atoms with Gasteiger partial charge in [-0.1, -0.05) is 210 Å². The van der Waals surface area contributed by atoms with Gasteiger partial charge in [-0.2, -0.15) is 0 Å². The Hall–Kier alpha value is 0. The van der Waals surface area contributed by atoms with E-state index in [0.29, 0.717) is 12.3 Å². The van der Waals surface area contributed by atoms with Crippen LogP contribution in [0.4, 0.5) is 0 Å². The van der Waals surface area contributed by atoms with Crippen LogP contribution in [0.25, 0.3) is 0 Å². The van der Waals surface area contributed by atoms with E-state index in [0.717, 1.165) is 17.8 Å². The fraction of sp³-hybridized carbons (Fsp3) is 1.00. The van der Waals surface area contributed by atoms with Crippen LogP contribution in [0, 0.1) is 41.4 Å². The molecule has 0 amide bonds. The molecule has 0 fully saturated rings. The molecule has 0 saturated heterocycles. The van der Waals surface area contributed by atoms with Gasteiger partial charge in [0, 0.05) is 16.4 Å². The van der Waals surface area contributed by atoms with Crippen molar-refractivity contribution in [2.24, 2.45) is 41.4 Å². The molecule has 0 bridgehead atoms. The molecule has 0 aromatic rings. The Morgan fingerprint density at radius 1 is 0.474 bits per heavy atom. The lowest BCUT2D eigenvalue weighted by atomic mass is 10.1. The molecule has 0 aliphatic rings. The van der Waals surface area contributed by atoms with Crippen molar-refractivity contribution in [3.05, 3.63) is 0 Å². The Bertz CT molecular complexity index is 654. The van der Waals surface area contributed by atoms with Crippen LogP contribution in [-0.4, -0.2) is 0 Å². The van der Waals surface area contributed by atoms with Crippen LogP contribution in [0.5, 0.6) is 0 Å². The minimum atomic E-state index is -1.75. The van der Waals surface area contributed by atoms with Gasteiger partial charge in [-0.3, -0.25) is 0 Å². The summed E-state index contributed by atoms with van der Waals surface area (Å²) >= 11 is 0. The smallest absolute Gasteiger partial charge is 0.0269 e. The van der Waals surface area contributed by atoms with Crippen molar-refractivity contribution >= 4 is 0 Å². The number of hydrogen-bond donors (Lipinski definition) is 0. The predicted octanol–water partition coefficient (Wildman–Crippen LogP) is 15.8. The molecule has 0 aliphatic carbocycles. The monoisotopic (exact) mass is 561 g/mol. The molecular weight excluding hydrogens is 456 g/mol. The third-order valence-electron chi connectivity index (χ3n) is 3.23. The van der Waals surface area contributed by atoms with Crippen molar-refractivity contribution in [1.29, 1.82) is 0 Å². The molecule has 0 heterocycles. The second-order valence-corrected chi connectivity index (χ2v) is 12.0. The summed E-state index contributed by atoms with van der Waals surface area (Å²) in [5.41, 5.74) is 0. The maximum atomic E-state index is 7.32. The van der Waals surface area contributed by atoms with Crippen LogP contribution >= 0.6 is 0 Å². The lowest BCUT2D eigenvalue weighted by molar-refractivity contribution is 0.576. The van der Waals surface area contributed by atoms with Gasteiger partial charge in [-0.05, 0) is 41.4 Å². The Morgan fingerprint density at radius 3 is 0.789 bits per heavy atom. The Balaban J connectivity index is -0.0000000696. The van der Waals surface area contributed by atoms with E-state index in [-0.39, 0.29) is 25.2 Å². The second-order valence-electron chi connectivity index (χ2n) is 12.0. The third-order valence-corrected chi connectivity index (χ3v) is 3.23. The average Bonchev–Trinajstić information content (AvgIpc) is 2.82. The topological polar surface area (TPSA) is 0 Å². The van der Waals surface area contributed by atoms with Crippen LogP contribution in [0.1, 0.15) is 227 Å². The highest BCUT2D eigenvalue weighted by Gasteiger charge is 1.87. The van der Waals surface area contributed by atoms with Crippen molar-refractivity contribution < 1.29 is 16.4 Å². The van der Waals surface area contributed by atoms with Crippen LogP contribution in [0.3, 0.4) is 0 Å². The predicted molar refractivity (Wildman–Crippen MR) is 192 cm³/mol. The zero-order chi connectivity index (χ0) is 41.9. The highest BCUT2D eigenvalue weighted by Crippen LogP contribution is 2.02. The Labute approximate surface area is 268 Å². The summed E-state index contributed by atoms with van der Waals surface area (Å²) in [6.45, 7) is 37.0. The minimum Gasteiger partial charge on any atom is -0.0776 e. The Morgan fingerprint density at radius 2 is 0.789 bits per heavy atom. The number of rotatable bonds is 9. The van der Waals surface area contributed by atoms with Crippen LogP contribution < -0.4 is 0 Å². The van der Waals surface area contributed by atoms with Gasteiger partial charge in [0.15, 0.2) is 0 Å². The van der Waals surface area contributed by atoms with Crippen molar-refractivity contribution in [2.45, 2.75) is 210 Å². The summed E-state index contributed by atoms with van der Waals surface area (Å²) in [6, 6.07) is 0. The van der Waals surface area contributed by atoms with E-state index in [2.05, 4.69) is 62.3 Å². The van der Waals surface area contributed by atoms with Crippen molar-refractivity contribution in [1.82, 2.24) is 0 Å². The van der Waals surface area contributed by atoms with Crippen molar-refractivity contribution in [3.8, 4) is 0 Å². The minimum absolute atomic E-state index is 0. The summed E-state index contributed by atoms with van der Waals surface area (Å²) in [4.78, 5) is 0. The first kappa shape index (κ1) is 29.5. The van der Waals surface area contributed by atoms with E-state index in [4.69, 9.17) is 16.4 Å². The van der Waals surface area contributed by atoms with E-state index in [1.807, 2.05) is 13.8 Å². The molecule has 0 saturated carbocycles. The standard InChI is InChI=1S/4C6H14.C5H12.2C4H10.CH4/c4*1-4-5-6(2)3;1-4-5(2)3;2*1-4(2)3;/h4*6H,4-5H2,1-3H3;5H,4H2,1-3H3;2*4H,1-3H3;1H4/i4D2,5D2;4D,5D2;4D2;;;1D3;;. The molecule has 244 valence electrons. The molecule has 1 atom stereocenters. The molecule has 0 nitrogen and oxygen atoms in total. The summed E-state index contributed by atoms with van der Waals surface area (Å²) in [5, 5.41) is 0. The lowest BCUT2D eigenvalue weighted by Gasteiger charge is -1.95. The van der Waals surface area contributed by atoms with Gasteiger partial charge >= 0.3 is 0 Å². The summed E-state index contributed by atoms with van der Waals surface area (Å²) < 4.78 is 85.1. The van der Waals surface area contributed by atoms with Crippen LogP contribution in [-0.2, 0) is 0 Å². The van der Waals surface area contributed by atoms with E-state index >= 15 is 0 Å². The quantitative estimate of drug-likeness (QED) is 0.263. The second kappa shape index (κ2) is 53.3. The van der Waals surface area contributed by atoms with E-state index in [1.54, 1.807) is 55.4 Å². The van der Waals surface area contributed by atoms with E-state index < -0.39 is 38.7 Å². The highest BCUT2D eigenvalue weighted by atomic mass is 13.9. The first-order valence-electron chi connectivity index (χ1n) is 21.2. The fourth-order valence-electron chi connectivity index (χ4n) is 1.61. The van der Waals surface area contributed by atoms with Gasteiger partial charge in [-0.25, -0.2) is 0 Å². The molecule has 38 heavy (non-hydrogen) atoms. The number of hydrogen-bond acceptors (Lipinski definition) is 0. The zero-order valence-corrected chi connectivity index (χ0v) is 29.9. The normalized spacial score (nSPS) is 16.8. The highest BCUT2D eigenvalue weighted by molar-refractivity contribution is 4.40. The Kier molecular flexibility index (Phi) is 41.3.